The van der Waals surface area contributed by atoms with E-state index in [2.05, 4.69) is 15.0 Å². The average molecular weight is 453 g/mol. The Hall–Kier alpha value is -3.12. The summed E-state index contributed by atoms with van der Waals surface area (Å²) in [6.07, 6.45) is 1.00. The molecule has 0 saturated heterocycles. The third kappa shape index (κ3) is 4.09. The van der Waals surface area contributed by atoms with Gasteiger partial charge in [0.2, 0.25) is 5.91 Å². The molecule has 0 aliphatic carbocycles. The van der Waals surface area contributed by atoms with Crippen molar-refractivity contribution in [2.45, 2.75) is 22.0 Å². The second-order valence-electron chi connectivity index (χ2n) is 6.29. The molecule has 0 saturated carbocycles. The summed E-state index contributed by atoms with van der Waals surface area (Å²) in [6.45, 7) is 1.21. The molecule has 2 aromatic carbocycles. The van der Waals surface area contributed by atoms with Crippen molar-refractivity contribution < 1.29 is 31.1 Å². The predicted octanol–water partition coefficient (Wildman–Crippen LogP) is 1.65. The molecule has 2 aromatic rings. The highest BCUT2D eigenvalue weighted by atomic mass is 32.2. The minimum atomic E-state index is -4.19. The van der Waals surface area contributed by atoms with Crippen LogP contribution in [0.5, 0.6) is 11.5 Å². The van der Waals surface area contributed by atoms with Crippen molar-refractivity contribution in [1.82, 2.24) is 0 Å². The van der Waals surface area contributed by atoms with E-state index in [4.69, 9.17) is 9.47 Å². The molecule has 1 aliphatic heterocycles. The molecule has 30 heavy (non-hydrogen) atoms. The van der Waals surface area contributed by atoms with Crippen molar-refractivity contribution in [3.05, 3.63) is 36.4 Å². The van der Waals surface area contributed by atoms with Crippen molar-refractivity contribution in [3.63, 3.8) is 0 Å². The van der Waals surface area contributed by atoms with Gasteiger partial charge in [-0.1, -0.05) is 0 Å². The number of fused-ring (bicyclic) bond motifs is 1. The van der Waals surface area contributed by atoms with Crippen LogP contribution in [0, 0.1) is 0 Å². The van der Waals surface area contributed by atoms with Gasteiger partial charge in [0.05, 0.1) is 24.8 Å². The van der Waals surface area contributed by atoms with Crippen LogP contribution in [-0.2, 0) is 24.7 Å². The number of methoxy groups -OCH3 is 2. The lowest BCUT2D eigenvalue weighted by molar-refractivity contribution is -0.115. The van der Waals surface area contributed by atoms with Crippen LogP contribution < -0.4 is 20.1 Å². The topological polar surface area (TPSA) is 140 Å². The number of carbonyl (C=O) groups excluding carboxylic acids is 1. The first kappa shape index (κ1) is 21.6. The monoisotopic (exact) mass is 453 g/mol. The zero-order valence-electron chi connectivity index (χ0n) is 16.2. The summed E-state index contributed by atoms with van der Waals surface area (Å²) in [7, 11) is -5.33. The minimum Gasteiger partial charge on any atom is -0.497 e. The standard InChI is InChI=1S/C18H19N3O7S2/c1-11(18(22)21-12-6-13(27-2)8-14(7-12)28-3)29(23,24)15-4-5-16-17(9-15)30(25,26)20-10-19-16/h4-11H,1-3H3,(H,19,20)(H,21,22)/t11-/m1/s1. The first-order chi connectivity index (χ1) is 14.1. The van der Waals surface area contributed by atoms with Gasteiger partial charge < -0.3 is 20.1 Å². The van der Waals surface area contributed by atoms with Gasteiger partial charge in [-0.15, -0.1) is 4.40 Å². The molecule has 0 aromatic heterocycles. The smallest absolute Gasteiger partial charge is 0.285 e. The summed E-state index contributed by atoms with van der Waals surface area (Å²) in [5, 5.41) is 3.64. The van der Waals surface area contributed by atoms with E-state index in [1.807, 2.05) is 0 Å². The Kier molecular flexibility index (Phi) is 5.72. The third-order valence-corrected chi connectivity index (χ3v) is 7.76. The number of anilines is 2. The zero-order chi connectivity index (χ0) is 22.1. The number of amides is 1. The molecule has 1 heterocycles. The van der Waals surface area contributed by atoms with Crippen LogP contribution in [0.1, 0.15) is 6.92 Å². The molecule has 160 valence electrons. The maximum atomic E-state index is 12.9. The molecular weight excluding hydrogens is 434 g/mol. The van der Waals surface area contributed by atoms with Crippen LogP contribution >= 0.6 is 0 Å². The summed E-state index contributed by atoms with van der Waals surface area (Å²) in [5.41, 5.74) is 0.481. The highest BCUT2D eigenvalue weighted by molar-refractivity contribution is 7.93. The molecule has 2 N–H and O–H groups in total. The summed E-state index contributed by atoms with van der Waals surface area (Å²) in [6, 6.07) is 8.14. The number of sulfonamides is 1. The maximum absolute atomic E-state index is 12.9. The van der Waals surface area contributed by atoms with E-state index in [-0.39, 0.29) is 21.2 Å². The van der Waals surface area contributed by atoms with Crippen LogP contribution in [0.2, 0.25) is 0 Å². The van der Waals surface area contributed by atoms with Gasteiger partial charge in [0.15, 0.2) is 9.84 Å². The second kappa shape index (κ2) is 7.95. The fraction of sp³-hybridized carbons (Fsp3) is 0.222. The average Bonchev–Trinajstić information content (AvgIpc) is 2.72. The largest absolute Gasteiger partial charge is 0.497 e. The molecule has 1 atom stereocenters. The third-order valence-electron chi connectivity index (χ3n) is 4.42. The normalized spacial score (nSPS) is 15.4. The molecule has 1 aliphatic rings. The lowest BCUT2D eigenvalue weighted by Crippen LogP contribution is -2.32. The van der Waals surface area contributed by atoms with Gasteiger partial charge >= 0.3 is 0 Å². The molecule has 0 unspecified atom stereocenters. The molecule has 1 amide bonds. The van der Waals surface area contributed by atoms with Crippen LogP contribution in [-0.4, -0.2) is 48.6 Å². The summed E-state index contributed by atoms with van der Waals surface area (Å²) in [5.74, 6) is 0.0169. The van der Waals surface area contributed by atoms with E-state index < -0.39 is 31.0 Å². The van der Waals surface area contributed by atoms with E-state index >= 15 is 0 Å². The Morgan fingerprint density at radius 3 is 2.33 bits per heavy atom. The Bertz CT molecular complexity index is 1220. The van der Waals surface area contributed by atoms with E-state index in [0.717, 1.165) is 12.4 Å². The molecular formula is C18H19N3O7S2. The first-order valence-electron chi connectivity index (χ1n) is 8.56. The highest BCUT2D eigenvalue weighted by Gasteiger charge is 2.32. The summed E-state index contributed by atoms with van der Waals surface area (Å²) in [4.78, 5) is 12.0. The SMILES string of the molecule is COc1cc(NC(=O)[C@@H](C)S(=O)(=O)c2ccc3c(c2)S(=O)(=O)N=CN3)cc(OC)c1. The lowest BCUT2D eigenvalue weighted by Gasteiger charge is -2.17. The van der Waals surface area contributed by atoms with Gasteiger partial charge in [-0.3, -0.25) is 4.79 Å². The first-order valence-corrected chi connectivity index (χ1v) is 11.5. The number of hydrogen-bond donors (Lipinski definition) is 2. The highest BCUT2D eigenvalue weighted by Crippen LogP contribution is 2.30. The van der Waals surface area contributed by atoms with Crippen LogP contribution in [0.4, 0.5) is 11.4 Å². The maximum Gasteiger partial charge on any atom is 0.285 e. The van der Waals surface area contributed by atoms with Gasteiger partial charge in [-0.2, -0.15) is 8.42 Å². The van der Waals surface area contributed by atoms with Crippen LogP contribution in [0.15, 0.2) is 50.6 Å². The lowest BCUT2D eigenvalue weighted by atomic mass is 10.2. The molecule has 0 bridgehead atoms. The Labute approximate surface area is 173 Å². The van der Waals surface area contributed by atoms with Crippen molar-refractivity contribution in [2.24, 2.45) is 4.40 Å². The predicted molar refractivity (Wildman–Crippen MR) is 111 cm³/mol. The summed E-state index contributed by atoms with van der Waals surface area (Å²) < 4.78 is 63.6. The Balaban J connectivity index is 1.90. The number of rotatable bonds is 6. The van der Waals surface area contributed by atoms with Crippen molar-refractivity contribution in [1.29, 1.82) is 0 Å². The molecule has 0 fully saturated rings. The number of carbonyl (C=O) groups is 1. The minimum absolute atomic E-state index is 0.199. The molecule has 3 rings (SSSR count). The van der Waals surface area contributed by atoms with Crippen molar-refractivity contribution in [3.8, 4) is 11.5 Å². The quantitative estimate of drug-likeness (QED) is 0.673. The number of sulfone groups is 1. The fourth-order valence-corrected chi connectivity index (χ4v) is 5.05. The van der Waals surface area contributed by atoms with E-state index in [9.17, 15) is 21.6 Å². The van der Waals surface area contributed by atoms with E-state index in [0.29, 0.717) is 11.5 Å². The number of nitrogens with one attached hydrogen (secondary N) is 2. The van der Waals surface area contributed by atoms with Crippen molar-refractivity contribution in [2.75, 3.05) is 24.9 Å². The number of ether oxygens (including phenoxy) is 2. The number of benzene rings is 2. The Morgan fingerprint density at radius 2 is 1.73 bits per heavy atom. The van der Waals surface area contributed by atoms with Gasteiger partial charge in [0.1, 0.15) is 28.0 Å². The van der Waals surface area contributed by atoms with Gasteiger partial charge in [-0.05, 0) is 25.1 Å². The molecule has 0 radical (unpaired) electrons. The number of hydrogen-bond acceptors (Lipinski definition) is 8. The van der Waals surface area contributed by atoms with Crippen molar-refractivity contribution >= 4 is 43.5 Å². The van der Waals surface area contributed by atoms with Crippen LogP contribution in [0.3, 0.4) is 0 Å². The molecule has 0 spiro atoms. The molecule has 10 nitrogen and oxygen atoms in total. The van der Waals surface area contributed by atoms with E-state index in [1.165, 1.54) is 45.4 Å². The summed E-state index contributed by atoms with van der Waals surface area (Å²) >= 11 is 0. The van der Waals surface area contributed by atoms with Crippen LogP contribution in [0.25, 0.3) is 0 Å². The zero-order valence-corrected chi connectivity index (χ0v) is 17.9. The van der Waals surface area contributed by atoms with Gasteiger partial charge in [0.25, 0.3) is 10.0 Å². The Morgan fingerprint density at radius 1 is 1.10 bits per heavy atom. The molecule has 12 heteroatoms. The van der Waals surface area contributed by atoms with Gasteiger partial charge in [0, 0.05) is 23.9 Å². The fourth-order valence-electron chi connectivity index (χ4n) is 2.70. The van der Waals surface area contributed by atoms with Gasteiger partial charge in [-0.25, -0.2) is 8.42 Å². The number of nitrogens with zero attached hydrogens (tertiary/aromatic N) is 1. The van der Waals surface area contributed by atoms with E-state index in [1.54, 1.807) is 6.07 Å². The second-order valence-corrected chi connectivity index (χ2v) is 10.2.